The first-order valence-electron chi connectivity index (χ1n) is 4.38. The molecule has 0 unspecified atom stereocenters. The van der Waals surface area contributed by atoms with E-state index in [0.717, 1.165) is 0 Å². The monoisotopic (exact) mass is 220 g/mol. The van der Waals surface area contributed by atoms with E-state index in [9.17, 15) is 4.79 Å². The van der Waals surface area contributed by atoms with E-state index in [1.165, 1.54) is 30.5 Å². The van der Waals surface area contributed by atoms with E-state index in [1.807, 2.05) is 0 Å². The molecule has 0 saturated carbocycles. The number of rotatable bonds is 2. The van der Waals surface area contributed by atoms with E-state index in [1.54, 1.807) is 0 Å². The molecule has 0 aliphatic heterocycles. The van der Waals surface area contributed by atoms with E-state index in [2.05, 4.69) is 9.68 Å². The lowest BCUT2D eigenvalue weighted by Gasteiger charge is -2.02. The molecule has 0 amide bonds. The summed E-state index contributed by atoms with van der Waals surface area (Å²) in [5, 5.41) is 12.4. The van der Waals surface area contributed by atoms with Crippen LogP contribution in [0.15, 0.2) is 35.0 Å². The number of aromatic nitrogens is 1. The SMILES string of the molecule is Nc1oncc1C(=O)Oc1ccc(O)cc1. The topological polar surface area (TPSA) is 98.6 Å². The quantitative estimate of drug-likeness (QED) is 0.582. The Bertz CT molecular complexity index is 504. The predicted molar refractivity (Wildman–Crippen MR) is 54.0 cm³/mol. The molecule has 0 bridgehead atoms. The van der Waals surface area contributed by atoms with Gasteiger partial charge >= 0.3 is 5.97 Å². The van der Waals surface area contributed by atoms with Gasteiger partial charge in [0.2, 0.25) is 5.88 Å². The molecule has 2 rings (SSSR count). The number of nitrogens with two attached hydrogens (primary N) is 1. The Morgan fingerprint density at radius 1 is 1.38 bits per heavy atom. The Kier molecular flexibility index (Phi) is 2.47. The fourth-order valence-electron chi connectivity index (χ4n) is 1.08. The van der Waals surface area contributed by atoms with Crippen LogP contribution in [0.2, 0.25) is 0 Å². The highest BCUT2D eigenvalue weighted by molar-refractivity contribution is 5.94. The summed E-state index contributed by atoms with van der Waals surface area (Å²) in [6.45, 7) is 0. The Labute approximate surface area is 90.2 Å². The molecule has 6 nitrogen and oxygen atoms in total. The van der Waals surface area contributed by atoms with Crippen LogP contribution in [-0.4, -0.2) is 16.2 Å². The van der Waals surface area contributed by atoms with Crippen LogP contribution in [0.1, 0.15) is 10.4 Å². The minimum Gasteiger partial charge on any atom is -0.508 e. The van der Waals surface area contributed by atoms with Crippen LogP contribution >= 0.6 is 0 Å². The fraction of sp³-hybridized carbons (Fsp3) is 0. The van der Waals surface area contributed by atoms with Crippen molar-refractivity contribution in [2.24, 2.45) is 0 Å². The smallest absolute Gasteiger partial charge is 0.350 e. The molecule has 3 N–H and O–H groups in total. The Hall–Kier alpha value is -2.50. The third kappa shape index (κ3) is 1.95. The van der Waals surface area contributed by atoms with Gasteiger partial charge in [-0.25, -0.2) is 4.79 Å². The summed E-state index contributed by atoms with van der Waals surface area (Å²) in [7, 11) is 0. The van der Waals surface area contributed by atoms with Crippen LogP contribution in [-0.2, 0) is 0 Å². The van der Waals surface area contributed by atoms with Crippen LogP contribution < -0.4 is 10.5 Å². The normalized spacial score (nSPS) is 10.0. The largest absolute Gasteiger partial charge is 0.508 e. The van der Waals surface area contributed by atoms with Crippen molar-refractivity contribution in [3.05, 3.63) is 36.0 Å². The van der Waals surface area contributed by atoms with Gasteiger partial charge in [-0.3, -0.25) is 0 Å². The lowest BCUT2D eigenvalue weighted by molar-refractivity contribution is 0.0735. The van der Waals surface area contributed by atoms with Crippen LogP contribution in [0.25, 0.3) is 0 Å². The van der Waals surface area contributed by atoms with E-state index in [0.29, 0.717) is 5.75 Å². The van der Waals surface area contributed by atoms with E-state index in [-0.39, 0.29) is 17.2 Å². The summed E-state index contributed by atoms with van der Waals surface area (Å²) in [5.74, 6) is -0.374. The molecule has 6 heteroatoms. The van der Waals surface area contributed by atoms with Crippen molar-refractivity contribution in [3.8, 4) is 11.5 Å². The van der Waals surface area contributed by atoms with Gasteiger partial charge in [0.05, 0.1) is 6.20 Å². The number of hydrogen-bond donors (Lipinski definition) is 2. The molecule has 1 aromatic heterocycles. The number of esters is 1. The van der Waals surface area contributed by atoms with Gasteiger partial charge in [-0.15, -0.1) is 0 Å². The molecule has 1 aromatic carbocycles. The van der Waals surface area contributed by atoms with Gasteiger partial charge in [-0.2, -0.15) is 0 Å². The Morgan fingerprint density at radius 2 is 2.06 bits per heavy atom. The van der Waals surface area contributed by atoms with Crippen molar-refractivity contribution in [1.82, 2.24) is 5.16 Å². The highest BCUT2D eigenvalue weighted by atomic mass is 16.5. The molecule has 0 saturated heterocycles. The van der Waals surface area contributed by atoms with Crippen molar-refractivity contribution in [3.63, 3.8) is 0 Å². The average molecular weight is 220 g/mol. The lowest BCUT2D eigenvalue weighted by atomic mass is 10.3. The second-order valence-corrected chi connectivity index (χ2v) is 2.99. The standard InChI is InChI=1S/C10H8N2O4/c11-9-8(5-12-16-9)10(14)15-7-3-1-6(13)2-4-7/h1-5,13H,11H2. The van der Waals surface area contributed by atoms with E-state index >= 15 is 0 Å². The number of nitrogens with zero attached hydrogens (tertiary/aromatic N) is 1. The number of carbonyl (C=O) groups excluding carboxylic acids is 1. The molecule has 82 valence electrons. The van der Waals surface area contributed by atoms with Gasteiger partial charge in [-0.1, -0.05) is 5.16 Å². The maximum Gasteiger partial charge on any atom is 0.350 e. The van der Waals surface area contributed by atoms with Crippen molar-refractivity contribution in [1.29, 1.82) is 0 Å². The number of phenols is 1. The van der Waals surface area contributed by atoms with Crippen LogP contribution in [0, 0.1) is 0 Å². The van der Waals surface area contributed by atoms with E-state index < -0.39 is 5.97 Å². The van der Waals surface area contributed by atoms with Gasteiger partial charge in [0.15, 0.2) is 0 Å². The summed E-state index contributed by atoms with van der Waals surface area (Å²) in [6.07, 6.45) is 1.18. The Morgan fingerprint density at radius 3 is 2.62 bits per heavy atom. The number of phenolic OH excluding ortho intramolecular Hbond substituents is 1. The first-order valence-corrected chi connectivity index (χ1v) is 4.38. The van der Waals surface area contributed by atoms with Crippen LogP contribution in [0.5, 0.6) is 11.5 Å². The maximum atomic E-state index is 11.5. The number of aromatic hydroxyl groups is 1. The molecule has 0 aliphatic carbocycles. The fourth-order valence-corrected chi connectivity index (χ4v) is 1.08. The second-order valence-electron chi connectivity index (χ2n) is 2.99. The van der Waals surface area contributed by atoms with Crippen molar-refractivity contribution < 1.29 is 19.2 Å². The molecular weight excluding hydrogens is 212 g/mol. The summed E-state index contributed by atoms with van der Waals surface area (Å²) in [6, 6.07) is 5.72. The summed E-state index contributed by atoms with van der Waals surface area (Å²) in [4.78, 5) is 11.5. The maximum absolute atomic E-state index is 11.5. The molecule has 0 fully saturated rings. The second kappa shape index (κ2) is 3.93. The zero-order chi connectivity index (χ0) is 11.5. The molecular formula is C10H8N2O4. The van der Waals surface area contributed by atoms with Gasteiger partial charge in [0.25, 0.3) is 0 Å². The zero-order valence-corrected chi connectivity index (χ0v) is 8.08. The number of anilines is 1. The van der Waals surface area contributed by atoms with Crippen molar-refractivity contribution in [2.45, 2.75) is 0 Å². The summed E-state index contributed by atoms with van der Waals surface area (Å²) < 4.78 is 9.49. The first kappa shape index (κ1) is 10.0. The number of nitrogen functional groups attached to an aromatic ring is 1. The molecule has 1 heterocycles. The number of carbonyl (C=O) groups is 1. The molecule has 16 heavy (non-hydrogen) atoms. The summed E-state index contributed by atoms with van der Waals surface area (Å²) >= 11 is 0. The number of benzene rings is 1. The van der Waals surface area contributed by atoms with E-state index in [4.69, 9.17) is 15.6 Å². The lowest BCUT2D eigenvalue weighted by Crippen LogP contribution is -2.09. The molecule has 0 radical (unpaired) electrons. The van der Waals surface area contributed by atoms with Gasteiger partial charge in [0.1, 0.15) is 17.1 Å². The molecule has 2 aromatic rings. The number of ether oxygens (including phenoxy) is 1. The minimum absolute atomic E-state index is 0.0630. The highest BCUT2D eigenvalue weighted by Crippen LogP contribution is 2.18. The molecule has 0 spiro atoms. The minimum atomic E-state index is -0.663. The first-order chi connectivity index (χ1) is 7.66. The van der Waals surface area contributed by atoms with Gasteiger partial charge in [0, 0.05) is 0 Å². The van der Waals surface area contributed by atoms with Crippen molar-refractivity contribution in [2.75, 3.05) is 5.73 Å². The Balaban J connectivity index is 2.14. The van der Waals surface area contributed by atoms with Gasteiger partial charge < -0.3 is 20.1 Å². The third-order valence-corrected chi connectivity index (χ3v) is 1.87. The highest BCUT2D eigenvalue weighted by Gasteiger charge is 2.15. The van der Waals surface area contributed by atoms with Crippen LogP contribution in [0.3, 0.4) is 0 Å². The third-order valence-electron chi connectivity index (χ3n) is 1.87. The zero-order valence-electron chi connectivity index (χ0n) is 8.08. The van der Waals surface area contributed by atoms with Gasteiger partial charge in [-0.05, 0) is 24.3 Å². The average Bonchev–Trinajstić information content (AvgIpc) is 2.68. The van der Waals surface area contributed by atoms with Crippen molar-refractivity contribution >= 4 is 11.9 Å². The molecule has 0 aliphatic rings. The number of hydrogen-bond acceptors (Lipinski definition) is 6. The summed E-state index contributed by atoms with van der Waals surface area (Å²) in [5.41, 5.74) is 5.41. The predicted octanol–water partition coefficient (Wildman–Crippen LogP) is 1.18. The molecule has 0 atom stereocenters. The van der Waals surface area contributed by atoms with Crippen LogP contribution in [0.4, 0.5) is 5.88 Å².